The van der Waals surface area contributed by atoms with E-state index in [9.17, 15) is 53.7 Å². The van der Waals surface area contributed by atoms with Crippen LogP contribution in [0.3, 0.4) is 0 Å². The van der Waals surface area contributed by atoms with Gasteiger partial charge in [-0.1, -0.05) is 53.2 Å². The van der Waals surface area contributed by atoms with Crippen molar-refractivity contribution in [3.63, 3.8) is 0 Å². The van der Waals surface area contributed by atoms with Crippen molar-refractivity contribution in [2.75, 3.05) is 19.6 Å². The topological polar surface area (TPSA) is 269 Å². The van der Waals surface area contributed by atoms with Gasteiger partial charge in [-0.3, -0.25) is 38.4 Å². The van der Waals surface area contributed by atoms with E-state index in [-0.39, 0.29) is 30.9 Å². The number of carbonyl (C=O) groups excluding carboxylic acids is 6. The third-order valence-electron chi connectivity index (χ3n) is 7.28. The molecule has 0 fully saturated rings. The van der Waals surface area contributed by atoms with Gasteiger partial charge < -0.3 is 47.2 Å². The van der Waals surface area contributed by atoms with Gasteiger partial charge in [-0.25, -0.2) is 0 Å². The molecule has 0 aliphatic carbocycles. The van der Waals surface area contributed by atoms with Crippen LogP contribution in [0.2, 0.25) is 0 Å². The Kier molecular flexibility index (Phi) is 18.1. The largest absolute Gasteiger partial charge is 0.508 e. The minimum absolute atomic E-state index is 0.0740. The zero-order valence-electron chi connectivity index (χ0n) is 29.1. The molecule has 278 valence electrons. The number of hydrogen-bond donors (Lipinski definition) is 9. The highest BCUT2D eigenvalue weighted by Gasteiger charge is 2.36. The van der Waals surface area contributed by atoms with Crippen LogP contribution >= 0.6 is 0 Å². The quantitative estimate of drug-likeness (QED) is 0.0729. The highest BCUT2D eigenvalue weighted by atomic mass is 16.4. The van der Waals surface area contributed by atoms with E-state index in [1.54, 1.807) is 27.7 Å². The van der Waals surface area contributed by atoms with Crippen molar-refractivity contribution in [2.45, 2.75) is 97.3 Å². The summed E-state index contributed by atoms with van der Waals surface area (Å²) in [4.78, 5) is 101. The Labute approximate surface area is 290 Å². The Balaban J connectivity index is 3.20. The van der Waals surface area contributed by atoms with Gasteiger partial charge in [0.05, 0.1) is 32.0 Å². The fourth-order valence-corrected chi connectivity index (χ4v) is 4.66. The highest BCUT2D eigenvalue weighted by Crippen LogP contribution is 2.22. The molecule has 4 atom stereocenters. The van der Waals surface area contributed by atoms with Gasteiger partial charge in [-0.2, -0.15) is 0 Å². The van der Waals surface area contributed by atoms with E-state index in [2.05, 4.69) is 31.9 Å². The van der Waals surface area contributed by atoms with Crippen LogP contribution in [-0.2, 0) is 44.8 Å². The third kappa shape index (κ3) is 16.4. The van der Waals surface area contributed by atoms with Crippen molar-refractivity contribution in [1.29, 1.82) is 0 Å². The molecule has 0 saturated carbocycles. The minimum Gasteiger partial charge on any atom is -0.508 e. The number of Topliss-reactive ketones (excluding diaryl/α,β-unsaturated/α-hetero) is 1. The van der Waals surface area contributed by atoms with Crippen molar-refractivity contribution in [2.24, 2.45) is 5.41 Å². The number of aromatic hydroxyl groups is 1. The van der Waals surface area contributed by atoms with Crippen molar-refractivity contribution in [1.82, 2.24) is 31.9 Å². The molecule has 17 nitrogen and oxygen atoms in total. The lowest BCUT2D eigenvalue weighted by Gasteiger charge is -2.32. The normalized spacial score (nSPS) is 13.5. The van der Waals surface area contributed by atoms with Gasteiger partial charge in [0, 0.05) is 12.8 Å². The lowest BCUT2D eigenvalue weighted by atomic mass is 9.82. The third-order valence-corrected chi connectivity index (χ3v) is 7.28. The van der Waals surface area contributed by atoms with Gasteiger partial charge in [-0.15, -0.1) is 0 Å². The van der Waals surface area contributed by atoms with E-state index >= 15 is 0 Å². The number of unbranched alkanes of at least 4 members (excludes halogenated alkanes) is 1. The van der Waals surface area contributed by atoms with E-state index in [0.29, 0.717) is 18.5 Å². The molecule has 1 rings (SSSR count). The van der Waals surface area contributed by atoms with Gasteiger partial charge in [0.2, 0.25) is 29.5 Å². The maximum absolute atomic E-state index is 13.6. The van der Waals surface area contributed by atoms with Crippen LogP contribution in [0.5, 0.6) is 5.75 Å². The molecule has 0 radical (unpaired) electrons. The molecule has 0 aliphatic heterocycles. The molecule has 50 heavy (non-hydrogen) atoms. The number of likely N-dealkylation sites (N-methyl/N-ethyl adjacent to an activating group) is 1. The maximum atomic E-state index is 13.6. The second-order valence-electron chi connectivity index (χ2n) is 12.7. The van der Waals surface area contributed by atoms with E-state index in [4.69, 9.17) is 0 Å². The van der Waals surface area contributed by atoms with Gasteiger partial charge >= 0.3 is 11.9 Å². The summed E-state index contributed by atoms with van der Waals surface area (Å²) in [6.07, 6.45) is -0.313. The van der Waals surface area contributed by atoms with E-state index in [0.717, 1.165) is 6.42 Å². The fourth-order valence-electron chi connectivity index (χ4n) is 4.66. The highest BCUT2D eigenvalue weighted by molar-refractivity contribution is 5.97. The van der Waals surface area contributed by atoms with Crippen molar-refractivity contribution in [3.8, 4) is 5.75 Å². The lowest BCUT2D eigenvalue weighted by molar-refractivity contribution is -0.142. The first kappa shape index (κ1) is 43.0. The van der Waals surface area contributed by atoms with Crippen LogP contribution in [0.25, 0.3) is 0 Å². The number of benzene rings is 1. The van der Waals surface area contributed by atoms with Crippen LogP contribution in [0.15, 0.2) is 24.3 Å². The molecule has 0 aliphatic rings. The Bertz CT molecular complexity index is 1360. The van der Waals surface area contributed by atoms with E-state index in [1.165, 1.54) is 24.3 Å². The Morgan fingerprint density at radius 3 is 1.74 bits per heavy atom. The predicted octanol–water partition coefficient (Wildman–Crippen LogP) is -0.646. The smallest absolute Gasteiger partial charge is 0.305 e. The number of ketones is 1. The fraction of sp³-hybridized carbons (Fsp3) is 0.576. The first-order valence-electron chi connectivity index (χ1n) is 16.3. The molecular weight excluding hydrogens is 656 g/mol. The Morgan fingerprint density at radius 2 is 1.22 bits per heavy atom. The number of carboxylic acid groups (broad SMARTS) is 2. The summed E-state index contributed by atoms with van der Waals surface area (Å²) >= 11 is 0. The van der Waals surface area contributed by atoms with Crippen LogP contribution in [0, 0.1) is 5.41 Å². The van der Waals surface area contributed by atoms with Crippen molar-refractivity contribution in [3.05, 3.63) is 29.8 Å². The number of phenolic OH excluding ortho intramolecular Hbond substituents is 1. The number of carbonyl (C=O) groups is 8. The predicted molar refractivity (Wildman–Crippen MR) is 180 cm³/mol. The summed E-state index contributed by atoms with van der Waals surface area (Å²) in [5.41, 5.74) is -0.290. The summed E-state index contributed by atoms with van der Waals surface area (Å²) in [6, 6.07) is 0.0233. The summed E-state index contributed by atoms with van der Waals surface area (Å²) in [5, 5.41) is 43.0. The Morgan fingerprint density at radius 1 is 0.700 bits per heavy atom. The summed E-state index contributed by atoms with van der Waals surface area (Å²) in [7, 11) is 0. The second kappa shape index (κ2) is 21.1. The number of phenols is 1. The average Bonchev–Trinajstić information content (AvgIpc) is 3.02. The average molecular weight is 707 g/mol. The monoisotopic (exact) mass is 706 g/mol. The molecule has 1 aromatic carbocycles. The molecule has 0 heterocycles. The molecule has 0 aromatic heterocycles. The van der Waals surface area contributed by atoms with Gasteiger partial charge in [0.1, 0.15) is 23.9 Å². The van der Waals surface area contributed by atoms with E-state index < -0.39 is 90.4 Å². The molecule has 5 amide bonds. The first-order valence-corrected chi connectivity index (χ1v) is 16.3. The van der Waals surface area contributed by atoms with Gasteiger partial charge in [0.15, 0.2) is 5.78 Å². The SMILES string of the molecule is CCCCC(=O)[C@@H](NC(=O)[C@H](CC(=O)O)NC(=O)[C@H](Cc1ccc(O)cc1)NC(=O)CNC(=O)[C@H](CC(=O)O)NC(=O)CNCC)C(C)(C)C. The van der Waals surface area contributed by atoms with Crippen molar-refractivity contribution >= 4 is 47.3 Å². The number of carboxylic acids is 2. The maximum Gasteiger partial charge on any atom is 0.305 e. The summed E-state index contributed by atoms with van der Waals surface area (Å²) < 4.78 is 0. The molecule has 0 saturated heterocycles. The molecule has 0 bridgehead atoms. The number of aliphatic carboxylic acids is 2. The number of rotatable bonds is 22. The van der Waals surface area contributed by atoms with Crippen LogP contribution in [0.1, 0.15) is 72.3 Å². The van der Waals surface area contributed by atoms with Gasteiger partial charge in [0.25, 0.3) is 0 Å². The molecule has 0 unspecified atom stereocenters. The lowest BCUT2D eigenvalue weighted by Crippen LogP contribution is -2.59. The van der Waals surface area contributed by atoms with Crippen LogP contribution in [0.4, 0.5) is 0 Å². The molecule has 0 spiro atoms. The van der Waals surface area contributed by atoms with E-state index in [1.807, 2.05) is 6.92 Å². The second-order valence-corrected chi connectivity index (χ2v) is 12.7. The molecular formula is C33H50N6O11. The zero-order valence-corrected chi connectivity index (χ0v) is 29.1. The molecule has 9 N–H and O–H groups in total. The standard InChI is InChI=1S/C33H50N6O11/c1-6-8-9-24(41)29(33(3,4)5)39-32(50)23(16-28(46)47)38-31(49)21(14-19-10-12-20(40)13-11-19)36-26(43)18-35-30(48)22(15-27(44)45)37-25(42)17-34-7-2/h10-13,21-23,29,34,40H,6-9,14-18H2,1-5H3,(H,35,48)(H,36,43)(H,37,42)(H,38,49)(H,39,50)(H,44,45)(H,46,47)/t21-,22-,23-,29+/m0/s1. The first-order chi connectivity index (χ1) is 23.4. The van der Waals surface area contributed by atoms with Crippen molar-refractivity contribution < 1.29 is 53.7 Å². The number of nitrogens with one attached hydrogen (secondary N) is 6. The minimum atomic E-state index is -1.65. The summed E-state index contributed by atoms with van der Waals surface area (Å²) in [5.74, 6) is -7.58. The Hall–Kier alpha value is -5.06. The van der Waals surface area contributed by atoms with Crippen LogP contribution < -0.4 is 31.9 Å². The molecule has 17 heteroatoms. The summed E-state index contributed by atoms with van der Waals surface area (Å²) in [6.45, 7) is 8.36. The zero-order chi connectivity index (χ0) is 38.0. The number of hydrogen-bond acceptors (Lipinski definition) is 10. The molecule has 1 aromatic rings. The number of amides is 5. The van der Waals surface area contributed by atoms with Crippen LogP contribution in [-0.4, -0.2) is 106 Å². The van der Waals surface area contributed by atoms with Gasteiger partial charge in [-0.05, 0) is 36.1 Å².